The lowest BCUT2D eigenvalue weighted by molar-refractivity contribution is 0.251. The van der Waals surface area contributed by atoms with E-state index in [9.17, 15) is 4.79 Å². The van der Waals surface area contributed by atoms with Gasteiger partial charge in [0.05, 0.1) is 6.54 Å². The summed E-state index contributed by atoms with van der Waals surface area (Å²) in [6.07, 6.45) is 0. The van der Waals surface area contributed by atoms with Gasteiger partial charge < -0.3 is 10.6 Å². The fourth-order valence-electron chi connectivity index (χ4n) is 2.18. The number of thiazole rings is 1. The van der Waals surface area contributed by atoms with E-state index >= 15 is 0 Å². The first-order valence-electron chi connectivity index (χ1n) is 7.48. The topological polar surface area (TPSA) is 97.6 Å². The molecule has 2 amide bonds. The Kier molecular flexibility index (Phi) is 4.80. The Balaban J connectivity index is 1.65. The number of nitrogens with zero attached hydrogens (tertiary/aromatic N) is 5. The van der Waals surface area contributed by atoms with Gasteiger partial charge in [0.15, 0.2) is 5.82 Å². The molecule has 0 saturated heterocycles. The molecule has 0 fully saturated rings. The van der Waals surface area contributed by atoms with Gasteiger partial charge in [-0.05, 0) is 36.4 Å². The van der Waals surface area contributed by atoms with E-state index in [-0.39, 0.29) is 6.03 Å². The highest BCUT2D eigenvalue weighted by Crippen LogP contribution is 2.20. The Bertz CT molecular complexity index is 842. The smallest absolute Gasteiger partial charge is 0.319 e. The predicted octanol–water partition coefficient (Wildman–Crippen LogP) is 2.45. The second-order valence-corrected chi connectivity index (χ2v) is 6.03. The van der Waals surface area contributed by atoms with E-state index in [0.717, 1.165) is 16.3 Å². The second kappa shape index (κ2) is 7.18. The van der Waals surface area contributed by atoms with Crippen molar-refractivity contribution in [2.75, 3.05) is 5.32 Å². The molecule has 0 saturated carbocycles. The normalized spacial score (nSPS) is 10.6. The Morgan fingerprint density at radius 3 is 3.00 bits per heavy atom. The van der Waals surface area contributed by atoms with Gasteiger partial charge >= 0.3 is 6.03 Å². The minimum absolute atomic E-state index is 0.282. The molecule has 124 valence electrons. The molecule has 0 unspecified atom stereocenters. The summed E-state index contributed by atoms with van der Waals surface area (Å²) in [4.78, 5) is 16.3. The number of rotatable bonds is 5. The fraction of sp³-hybridized carbons (Fsp3) is 0.267. The molecule has 0 atom stereocenters. The van der Waals surface area contributed by atoms with E-state index in [1.165, 1.54) is 11.3 Å². The van der Waals surface area contributed by atoms with Crippen LogP contribution in [0.15, 0.2) is 29.6 Å². The number of nitrogens with one attached hydrogen (secondary N) is 2. The molecule has 0 bridgehead atoms. The first kappa shape index (κ1) is 16.1. The summed E-state index contributed by atoms with van der Waals surface area (Å²) < 4.78 is 1.70. The Hall–Kier alpha value is -2.81. The zero-order valence-electron chi connectivity index (χ0n) is 13.4. The second-order valence-electron chi connectivity index (χ2n) is 5.09. The number of carbonyl (C=O) groups is 1. The molecule has 0 spiro atoms. The van der Waals surface area contributed by atoms with Gasteiger partial charge in [-0.2, -0.15) is 0 Å². The molecule has 3 aromatic rings. The van der Waals surface area contributed by atoms with Gasteiger partial charge in [0, 0.05) is 28.9 Å². The van der Waals surface area contributed by atoms with Gasteiger partial charge in [-0.3, -0.25) is 0 Å². The Morgan fingerprint density at radius 2 is 2.25 bits per heavy atom. The third kappa shape index (κ3) is 3.74. The maximum absolute atomic E-state index is 12.0. The Labute approximate surface area is 142 Å². The van der Waals surface area contributed by atoms with Crippen LogP contribution in [0.3, 0.4) is 0 Å². The van der Waals surface area contributed by atoms with Crippen molar-refractivity contribution in [1.29, 1.82) is 0 Å². The van der Waals surface area contributed by atoms with Crippen LogP contribution in [-0.2, 0) is 13.1 Å². The summed E-state index contributed by atoms with van der Waals surface area (Å²) >= 11 is 1.52. The number of hydrogen-bond acceptors (Lipinski definition) is 6. The first-order chi connectivity index (χ1) is 11.7. The van der Waals surface area contributed by atoms with Crippen molar-refractivity contribution in [3.05, 3.63) is 40.3 Å². The predicted molar refractivity (Wildman–Crippen MR) is 91.6 cm³/mol. The highest BCUT2D eigenvalue weighted by atomic mass is 32.1. The molecule has 9 heteroatoms. The van der Waals surface area contributed by atoms with Crippen molar-refractivity contribution in [3.63, 3.8) is 0 Å². The number of hydrogen-bond donors (Lipinski definition) is 2. The molecule has 0 aliphatic heterocycles. The van der Waals surface area contributed by atoms with E-state index in [1.807, 2.05) is 43.5 Å². The number of aromatic nitrogens is 5. The highest BCUT2D eigenvalue weighted by molar-refractivity contribution is 7.09. The molecule has 0 aliphatic carbocycles. The van der Waals surface area contributed by atoms with Crippen molar-refractivity contribution in [2.45, 2.75) is 26.9 Å². The van der Waals surface area contributed by atoms with E-state index in [2.05, 4.69) is 31.1 Å². The lowest BCUT2D eigenvalue weighted by atomic mass is 10.2. The molecule has 2 aromatic heterocycles. The van der Waals surface area contributed by atoms with Crippen molar-refractivity contribution in [2.24, 2.45) is 0 Å². The van der Waals surface area contributed by atoms with E-state index in [4.69, 9.17) is 0 Å². The van der Waals surface area contributed by atoms with Crippen molar-refractivity contribution in [1.82, 2.24) is 30.5 Å². The van der Waals surface area contributed by atoms with Crippen LogP contribution in [0.5, 0.6) is 0 Å². The van der Waals surface area contributed by atoms with E-state index < -0.39 is 0 Å². The fourth-order valence-corrected chi connectivity index (χ4v) is 2.89. The lowest BCUT2D eigenvalue weighted by Crippen LogP contribution is -2.28. The molecule has 8 nitrogen and oxygen atoms in total. The largest absolute Gasteiger partial charge is 0.331 e. The molecule has 1 aromatic carbocycles. The monoisotopic (exact) mass is 343 g/mol. The van der Waals surface area contributed by atoms with Gasteiger partial charge in [0.1, 0.15) is 5.01 Å². The van der Waals surface area contributed by atoms with Gasteiger partial charge in [-0.25, -0.2) is 14.5 Å². The van der Waals surface area contributed by atoms with Crippen LogP contribution in [0.2, 0.25) is 0 Å². The summed E-state index contributed by atoms with van der Waals surface area (Å²) in [6, 6.07) is 7.13. The minimum atomic E-state index is -0.282. The molecule has 2 N–H and O–H groups in total. The van der Waals surface area contributed by atoms with Crippen LogP contribution in [0.1, 0.15) is 17.6 Å². The van der Waals surface area contributed by atoms with Gasteiger partial charge in [-0.15, -0.1) is 16.4 Å². The van der Waals surface area contributed by atoms with Crippen molar-refractivity contribution in [3.8, 4) is 11.4 Å². The van der Waals surface area contributed by atoms with Crippen molar-refractivity contribution >= 4 is 23.1 Å². The molecular weight excluding hydrogens is 326 g/mol. The lowest BCUT2D eigenvalue weighted by Gasteiger charge is -2.08. The summed E-state index contributed by atoms with van der Waals surface area (Å²) in [7, 11) is 0. The van der Waals surface area contributed by atoms with E-state index in [1.54, 1.807) is 4.68 Å². The van der Waals surface area contributed by atoms with Gasteiger partial charge in [0.2, 0.25) is 0 Å². The maximum Gasteiger partial charge on any atom is 0.319 e. The number of benzene rings is 1. The van der Waals surface area contributed by atoms with Crippen LogP contribution in [-0.4, -0.2) is 31.2 Å². The first-order valence-corrected chi connectivity index (χ1v) is 8.36. The zero-order valence-corrected chi connectivity index (χ0v) is 14.2. The number of aryl methyl sites for hydroxylation is 2. The number of carbonyl (C=O) groups excluding carboxylic acids is 1. The summed E-state index contributed by atoms with van der Waals surface area (Å²) in [5, 5.41) is 20.0. The number of tetrazole rings is 1. The average Bonchev–Trinajstić information content (AvgIpc) is 3.21. The summed E-state index contributed by atoms with van der Waals surface area (Å²) in [5.41, 5.74) is 2.47. The molecule has 0 aliphatic rings. The highest BCUT2D eigenvalue weighted by Gasteiger charge is 2.09. The van der Waals surface area contributed by atoms with Crippen LogP contribution in [0.4, 0.5) is 10.5 Å². The van der Waals surface area contributed by atoms with Crippen LogP contribution < -0.4 is 10.6 Å². The van der Waals surface area contributed by atoms with Crippen LogP contribution >= 0.6 is 11.3 Å². The number of amides is 2. The summed E-state index contributed by atoms with van der Waals surface area (Å²) in [5.74, 6) is 0.666. The van der Waals surface area contributed by atoms with E-state index in [0.29, 0.717) is 24.6 Å². The summed E-state index contributed by atoms with van der Waals surface area (Å²) in [6.45, 7) is 4.97. The maximum atomic E-state index is 12.0. The molecule has 3 rings (SSSR count). The minimum Gasteiger partial charge on any atom is -0.331 e. The number of urea groups is 1. The Morgan fingerprint density at radius 1 is 1.38 bits per heavy atom. The van der Waals surface area contributed by atoms with Gasteiger partial charge in [-0.1, -0.05) is 12.1 Å². The number of anilines is 1. The molecule has 2 heterocycles. The average molecular weight is 343 g/mol. The molecule has 24 heavy (non-hydrogen) atoms. The van der Waals surface area contributed by atoms with Gasteiger partial charge in [0.25, 0.3) is 0 Å². The van der Waals surface area contributed by atoms with Crippen LogP contribution in [0, 0.1) is 6.92 Å². The van der Waals surface area contributed by atoms with Crippen molar-refractivity contribution < 1.29 is 4.79 Å². The SMILES string of the molecule is CCn1nnnc1-c1cccc(NC(=O)NCc2nc(C)cs2)c1. The quantitative estimate of drug-likeness (QED) is 0.741. The molecule has 0 radical (unpaired) electrons. The zero-order chi connectivity index (χ0) is 16.9. The third-order valence-electron chi connectivity index (χ3n) is 3.28. The molecular formula is C15H17N7OS. The third-order valence-corrected chi connectivity index (χ3v) is 4.24. The standard InChI is InChI=1S/C15H17N7OS/c1-3-22-14(19-20-21-22)11-5-4-6-12(7-11)18-15(23)16-8-13-17-10(2)9-24-13/h4-7,9H,3,8H2,1-2H3,(H2,16,18,23). The van der Waals surface area contributed by atoms with Crippen LogP contribution in [0.25, 0.3) is 11.4 Å².